The molecule has 0 spiro atoms. The molecular formula is C38H56Cl2N2O8. The summed E-state index contributed by atoms with van der Waals surface area (Å²) in [5, 5.41) is 45.3. The van der Waals surface area contributed by atoms with Gasteiger partial charge in [0, 0.05) is 34.0 Å². The topological polar surface area (TPSA) is 186 Å². The quantitative estimate of drug-likeness (QED) is 0.103. The number of hydrogen-bond donors (Lipinski definition) is 6. The van der Waals surface area contributed by atoms with Crippen molar-refractivity contribution in [2.45, 2.75) is 128 Å². The predicted octanol–water partition coefficient (Wildman–Crippen LogP) is 9.87. The van der Waals surface area contributed by atoms with Crippen molar-refractivity contribution in [3.05, 3.63) is 46.5 Å². The highest BCUT2D eigenvalue weighted by Gasteiger charge is 2.30. The molecule has 2 aromatic rings. The fourth-order valence-electron chi connectivity index (χ4n) is 7.58. The van der Waals surface area contributed by atoms with Crippen molar-refractivity contribution in [3.8, 4) is 23.0 Å². The molecule has 0 heterocycles. The highest BCUT2D eigenvalue weighted by Crippen LogP contribution is 2.46. The van der Waals surface area contributed by atoms with E-state index in [0.717, 1.165) is 51.4 Å². The summed E-state index contributed by atoms with van der Waals surface area (Å²) < 4.78 is 11.1. The maximum atomic E-state index is 12.0. The van der Waals surface area contributed by atoms with Gasteiger partial charge in [-0.05, 0) is 99.3 Å². The zero-order valence-corrected chi connectivity index (χ0v) is 30.9. The summed E-state index contributed by atoms with van der Waals surface area (Å²) >= 11 is 11.9. The van der Waals surface area contributed by atoms with Crippen molar-refractivity contribution in [2.75, 3.05) is 11.8 Å². The molecule has 280 valence electrons. The summed E-state index contributed by atoms with van der Waals surface area (Å²) in [7, 11) is 0. The van der Waals surface area contributed by atoms with Gasteiger partial charge in [-0.15, -0.1) is 23.2 Å². The number of hydrogen-bond acceptors (Lipinski definition) is 8. The van der Waals surface area contributed by atoms with Crippen LogP contribution in [0.5, 0.6) is 23.0 Å². The first-order valence-electron chi connectivity index (χ1n) is 18.0. The second-order valence-electron chi connectivity index (χ2n) is 13.9. The average molecular weight is 740 g/mol. The van der Waals surface area contributed by atoms with Crippen LogP contribution in [0.1, 0.15) is 150 Å². The minimum atomic E-state index is -0.947. The van der Waals surface area contributed by atoms with E-state index in [9.17, 15) is 30.0 Å². The summed E-state index contributed by atoms with van der Waals surface area (Å²) in [4.78, 5) is 24.0. The van der Waals surface area contributed by atoms with Gasteiger partial charge in [-0.2, -0.15) is 0 Å². The summed E-state index contributed by atoms with van der Waals surface area (Å²) in [6, 6.07) is 6.26. The number of benzene rings is 2. The second-order valence-corrected chi connectivity index (χ2v) is 14.7. The number of aromatic hydroxyl groups is 4. The van der Waals surface area contributed by atoms with Crippen molar-refractivity contribution in [3.63, 3.8) is 0 Å². The van der Waals surface area contributed by atoms with Crippen LogP contribution < -0.4 is 11.5 Å². The lowest BCUT2D eigenvalue weighted by Crippen LogP contribution is -2.22. The molecule has 4 aliphatic rings. The third-order valence-electron chi connectivity index (χ3n) is 10.1. The number of amides is 2. The molecule has 6 rings (SSSR count). The van der Waals surface area contributed by atoms with E-state index in [2.05, 4.69) is 0 Å². The predicted molar refractivity (Wildman–Crippen MR) is 196 cm³/mol. The van der Waals surface area contributed by atoms with Crippen LogP contribution in [0, 0.1) is 11.8 Å². The Morgan fingerprint density at radius 1 is 0.620 bits per heavy atom. The molecule has 4 aliphatic carbocycles. The Labute approximate surface area is 306 Å². The van der Waals surface area contributed by atoms with Gasteiger partial charge in [0.05, 0.1) is 0 Å². The lowest BCUT2D eigenvalue weighted by Gasteiger charge is -2.28. The summed E-state index contributed by atoms with van der Waals surface area (Å²) in [6.07, 6.45) is 6.66. The van der Waals surface area contributed by atoms with E-state index < -0.39 is 24.4 Å². The number of phenols is 4. The Balaban J connectivity index is 2.04. The minimum Gasteiger partial charge on any atom is -0.508 e. The summed E-state index contributed by atoms with van der Waals surface area (Å²) in [6.45, 7) is 3.87. The third kappa shape index (κ3) is 11.9. The molecule has 0 saturated carbocycles. The number of halogens is 2. The van der Waals surface area contributed by atoms with Crippen LogP contribution >= 0.6 is 23.2 Å². The molecule has 4 bridgehead atoms. The first kappa shape index (κ1) is 41.2. The Kier molecular flexibility index (Phi) is 16.9. The van der Waals surface area contributed by atoms with Gasteiger partial charge in [-0.1, -0.05) is 52.4 Å². The van der Waals surface area contributed by atoms with Gasteiger partial charge in [-0.25, -0.2) is 9.59 Å². The molecular weight excluding hydrogens is 683 g/mol. The number of rotatable bonds is 10. The van der Waals surface area contributed by atoms with E-state index in [-0.39, 0.29) is 46.7 Å². The molecule has 0 fully saturated rings. The van der Waals surface area contributed by atoms with Crippen LogP contribution in [-0.4, -0.2) is 44.4 Å². The van der Waals surface area contributed by atoms with Crippen molar-refractivity contribution >= 4 is 35.4 Å². The Morgan fingerprint density at radius 3 is 1.24 bits per heavy atom. The van der Waals surface area contributed by atoms with E-state index in [1.165, 1.54) is 0 Å². The minimum absolute atomic E-state index is 0.0611. The first-order chi connectivity index (χ1) is 23.9. The van der Waals surface area contributed by atoms with E-state index in [4.69, 9.17) is 44.1 Å². The number of nitrogens with two attached hydrogens (primary N) is 2. The highest BCUT2D eigenvalue weighted by molar-refractivity contribution is 6.18. The number of carbonyl (C=O) groups excluding carboxylic acids is 2. The molecule has 10 nitrogen and oxygen atoms in total. The monoisotopic (exact) mass is 738 g/mol. The molecule has 0 radical (unpaired) electrons. The SMILES string of the molecule is C[C@H]1CCCC[C@H](CCCCCl)c2c(O)cc(cc2O)[C@H](OC(N)=O)[C@@H](C)CCCC[C@H](CCCCCl)c2c(O)cc(cc2O)[C@@H]1OC(N)=O. The third-order valence-corrected chi connectivity index (χ3v) is 10.6. The number of unbranched alkanes of at least 4 members (excludes halogenated alkanes) is 2. The number of alkyl halides is 2. The van der Waals surface area contributed by atoms with Gasteiger partial charge in [0.25, 0.3) is 0 Å². The molecule has 50 heavy (non-hydrogen) atoms. The van der Waals surface area contributed by atoms with E-state index >= 15 is 0 Å². The molecule has 0 aliphatic heterocycles. The van der Waals surface area contributed by atoms with E-state index in [1.807, 2.05) is 13.8 Å². The zero-order chi connectivity index (χ0) is 36.8. The molecule has 8 N–H and O–H groups in total. The molecule has 0 unspecified atom stereocenters. The lowest BCUT2D eigenvalue weighted by molar-refractivity contribution is 0.0683. The van der Waals surface area contributed by atoms with Gasteiger partial charge < -0.3 is 41.4 Å². The Morgan fingerprint density at radius 2 is 0.940 bits per heavy atom. The second kappa shape index (κ2) is 20.6. The van der Waals surface area contributed by atoms with Crippen LogP contribution in [0.2, 0.25) is 0 Å². The molecule has 6 atom stereocenters. The maximum absolute atomic E-state index is 12.0. The fourth-order valence-corrected chi connectivity index (χ4v) is 7.96. The largest absolute Gasteiger partial charge is 0.508 e. The van der Waals surface area contributed by atoms with Crippen LogP contribution in [-0.2, 0) is 9.47 Å². The van der Waals surface area contributed by atoms with Gasteiger partial charge >= 0.3 is 12.2 Å². The van der Waals surface area contributed by atoms with Gasteiger partial charge in [0.15, 0.2) is 0 Å². The number of carbonyl (C=O) groups is 2. The van der Waals surface area contributed by atoms with Crippen molar-refractivity contribution < 1.29 is 39.5 Å². The first-order valence-corrected chi connectivity index (χ1v) is 19.1. The zero-order valence-electron chi connectivity index (χ0n) is 29.4. The van der Waals surface area contributed by atoms with Crippen LogP contribution in [0.25, 0.3) is 0 Å². The van der Waals surface area contributed by atoms with Gasteiger partial charge in [0.1, 0.15) is 35.2 Å². The van der Waals surface area contributed by atoms with Crippen molar-refractivity contribution in [2.24, 2.45) is 23.3 Å². The molecule has 12 heteroatoms. The highest BCUT2D eigenvalue weighted by atomic mass is 35.5. The van der Waals surface area contributed by atoms with Crippen LogP contribution in [0.4, 0.5) is 9.59 Å². The normalized spacial score (nSPS) is 23.8. The summed E-state index contributed by atoms with van der Waals surface area (Å²) in [5.41, 5.74) is 12.8. The van der Waals surface area contributed by atoms with E-state index in [0.29, 0.717) is 72.5 Å². The van der Waals surface area contributed by atoms with Gasteiger partial charge in [-0.3, -0.25) is 0 Å². The van der Waals surface area contributed by atoms with Crippen molar-refractivity contribution in [1.29, 1.82) is 0 Å². The van der Waals surface area contributed by atoms with Crippen molar-refractivity contribution in [1.82, 2.24) is 0 Å². The van der Waals surface area contributed by atoms with Gasteiger partial charge in [0.2, 0.25) is 0 Å². The summed E-state index contributed by atoms with van der Waals surface area (Å²) in [5.74, 6) is 0.0371. The number of phenolic OH excluding ortho intramolecular Hbond substituents is 4. The smallest absolute Gasteiger partial charge is 0.405 e. The van der Waals surface area contributed by atoms with E-state index in [1.54, 1.807) is 24.3 Å². The standard InChI is InChI=1S/C38H56Cl2N2O8/c1-23-11-3-5-13-25(15-7-9-17-39)34-31(45)21-28(22-32(34)46)36(50-38(42)48)24(2)12-4-6-14-26(16-8-10-18-40)33-29(43)19-27(20-30(33)44)35(23)49-37(41)47/h19-26,35-36,43-46H,3-18H2,1-2H3,(H2,41,47)(H2,42,48)/t23-,24-,25+,26+,35+,36+/m0/s1. The average Bonchev–Trinajstić information content (AvgIpc) is 3.04. The van der Waals surface area contributed by atoms with Crippen LogP contribution in [0.3, 0.4) is 0 Å². The maximum Gasteiger partial charge on any atom is 0.405 e. The Hall–Kier alpha value is -3.24. The fraction of sp³-hybridized carbons (Fsp3) is 0.632. The molecule has 0 saturated heterocycles. The molecule has 2 aromatic carbocycles. The Bertz CT molecular complexity index is 1240. The number of primary amides is 2. The number of ether oxygens (including phenoxy) is 2. The molecule has 2 amide bonds. The van der Waals surface area contributed by atoms with Crippen LogP contribution in [0.15, 0.2) is 24.3 Å². The lowest BCUT2D eigenvalue weighted by atomic mass is 9.83. The molecule has 0 aromatic heterocycles.